The predicted octanol–water partition coefficient (Wildman–Crippen LogP) is 3.13. The number of fused-ring (bicyclic) bond motifs is 1. The van der Waals surface area contributed by atoms with Crippen molar-refractivity contribution < 1.29 is 4.79 Å². The van der Waals surface area contributed by atoms with Gasteiger partial charge in [0.1, 0.15) is 11.5 Å². The molecule has 5 rings (SSSR count). The minimum absolute atomic E-state index is 0.330. The van der Waals surface area contributed by atoms with E-state index in [0.717, 1.165) is 30.9 Å². The lowest BCUT2D eigenvalue weighted by Crippen LogP contribution is -2.37. The summed E-state index contributed by atoms with van der Waals surface area (Å²) >= 11 is 0. The number of anilines is 2. The zero-order valence-electron chi connectivity index (χ0n) is 16.0. The van der Waals surface area contributed by atoms with E-state index in [2.05, 4.69) is 31.4 Å². The van der Waals surface area contributed by atoms with Crippen molar-refractivity contribution in [1.29, 1.82) is 5.26 Å². The van der Waals surface area contributed by atoms with E-state index in [1.165, 1.54) is 0 Å². The van der Waals surface area contributed by atoms with Crippen molar-refractivity contribution in [1.82, 2.24) is 19.6 Å². The summed E-state index contributed by atoms with van der Waals surface area (Å²) in [5.41, 5.74) is 2.79. The summed E-state index contributed by atoms with van der Waals surface area (Å²) in [6.45, 7) is 1.92. The zero-order valence-corrected chi connectivity index (χ0v) is 16.0. The topological polar surface area (TPSA) is 99.2 Å². The Morgan fingerprint density at radius 2 is 1.93 bits per heavy atom. The summed E-state index contributed by atoms with van der Waals surface area (Å²) in [7, 11) is 0. The number of nitriles is 1. The van der Waals surface area contributed by atoms with Crippen molar-refractivity contribution in [3.05, 3.63) is 72.1 Å². The molecule has 8 heteroatoms. The lowest BCUT2D eigenvalue weighted by molar-refractivity contribution is 0.102. The van der Waals surface area contributed by atoms with Crippen molar-refractivity contribution in [2.24, 2.45) is 0 Å². The van der Waals surface area contributed by atoms with Crippen molar-refractivity contribution >= 4 is 23.2 Å². The fraction of sp³-hybridized carbons (Fsp3) is 0.136. The average Bonchev–Trinajstić information content (AvgIpc) is 3.14. The van der Waals surface area contributed by atoms with Gasteiger partial charge >= 0.3 is 0 Å². The van der Waals surface area contributed by atoms with E-state index in [1.807, 2.05) is 36.4 Å². The summed E-state index contributed by atoms with van der Waals surface area (Å²) in [6, 6.07) is 18.5. The van der Waals surface area contributed by atoms with Crippen molar-refractivity contribution in [2.75, 3.05) is 23.3 Å². The molecular formula is C22H17N7O. The predicted molar refractivity (Wildman–Crippen MR) is 112 cm³/mol. The number of hydrogen-bond acceptors (Lipinski definition) is 6. The summed E-state index contributed by atoms with van der Waals surface area (Å²) in [6.07, 6.45) is 2.70. The van der Waals surface area contributed by atoms with Crippen LogP contribution in [-0.2, 0) is 0 Å². The van der Waals surface area contributed by atoms with E-state index in [9.17, 15) is 10.1 Å². The fourth-order valence-corrected chi connectivity index (χ4v) is 3.36. The summed E-state index contributed by atoms with van der Waals surface area (Å²) < 4.78 is 1.56. The van der Waals surface area contributed by atoms with Crippen LogP contribution in [-0.4, -0.2) is 38.6 Å². The molecule has 0 radical (unpaired) electrons. The lowest BCUT2D eigenvalue weighted by Gasteiger charge is -2.32. The quantitative estimate of drug-likeness (QED) is 0.570. The molecule has 0 spiro atoms. The maximum absolute atomic E-state index is 12.8. The zero-order chi connectivity index (χ0) is 20.5. The minimum Gasteiger partial charge on any atom is -0.356 e. The number of benzene rings is 1. The number of aromatic nitrogens is 4. The highest BCUT2D eigenvalue weighted by Crippen LogP contribution is 2.23. The molecular weight excluding hydrogens is 378 g/mol. The Bertz CT molecular complexity index is 1300. The van der Waals surface area contributed by atoms with Gasteiger partial charge in [-0.3, -0.25) is 4.79 Å². The molecule has 0 aliphatic carbocycles. The molecule has 1 aromatic carbocycles. The molecule has 0 atom stereocenters. The molecule has 4 aromatic rings. The molecule has 1 fully saturated rings. The summed E-state index contributed by atoms with van der Waals surface area (Å²) in [5, 5.41) is 16.8. The number of pyridine rings is 1. The molecule has 1 N–H and O–H groups in total. The van der Waals surface area contributed by atoms with Crippen LogP contribution >= 0.6 is 0 Å². The second kappa shape index (κ2) is 7.29. The number of hydrogen-bond donors (Lipinski definition) is 1. The Balaban J connectivity index is 1.46. The standard InChI is InChI=1S/C22H17N7O/c23-13-15-5-1-2-6-16(15)17-9-10-19-24-14-21(29(19)27-17)26-22(30)18-7-3-8-20(25-18)28-11-4-12-28/h1-3,5-10,14H,4,11-12H2,(H,26,30). The van der Waals surface area contributed by atoms with E-state index in [0.29, 0.717) is 28.4 Å². The van der Waals surface area contributed by atoms with Crippen LogP contribution in [0.15, 0.2) is 60.8 Å². The van der Waals surface area contributed by atoms with Gasteiger partial charge in [-0.1, -0.05) is 24.3 Å². The third-order valence-electron chi connectivity index (χ3n) is 5.07. The average molecular weight is 395 g/mol. The van der Waals surface area contributed by atoms with Crippen molar-refractivity contribution in [3.8, 4) is 17.3 Å². The van der Waals surface area contributed by atoms with E-state index in [-0.39, 0.29) is 5.91 Å². The van der Waals surface area contributed by atoms with Gasteiger partial charge in [-0.15, -0.1) is 0 Å². The van der Waals surface area contributed by atoms with Crippen LogP contribution in [0.3, 0.4) is 0 Å². The molecule has 3 aromatic heterocycles. The Hall–Kier alpha value is -4.25. The van der Waals surface area contributed by atoms with E-state index < -0.39 is 0 Å². The van der Waals surface area contributed by atoms with E-state index in [1.54, 1.807) is 28.9 Å². The fourth-order valence-electron chi connectivity index (χ4n) is 3.36. The van der Waals surface area contributed by atoms with Crippen LogP contribution in [0.4, 0.5) is 11.6 Å². The summed E-state index contributed by atoms with van der Waals surface area (Å²) in [4.78, 5) is 23.7. The molecule has 1 amide bonds. The van der Waals surface area contributed by atoms with Gasteiger partial charge in [0.15, 0.2) is 11.5 Å². The number of nitrogens with zero attached hydrogens (tertiary/aromatic N) is 6. The molecule has 1 saturated heterocycles. The summed E-state index contributed by atoms with van der Waals surface area (Å²) in [5.74, 6) is 0.909. The normalized spacial score (nSPS) is 13.0. The highest BCUT2D eigenvalue weighted by atomic mass is 16.2. The van der Waals surface area contributed by atoms with E-state index in [4.69, 9.17) is 0 Å². The van der Waals surface area contributed by atoms with Gasteiger partial charge in [-0.05, 0) is 36.8 Å². The van der Waals surface area contributed by atoms with Crippen molar-refractivity contribution in [3.63, 3.8) is 0 Å². The SMILES string of the molecule is N#Cc1ccccc1-c1ccc2ncc(NC(=O)c3cccc(N4CCC4)n3)n2n1. The maximum atomic E-state index is 12.8. The molecule has 1 aliphatic rings. The van der Waals surface area contributed by atoms with Gasteiger partial charge in [-0.25, -0.2) is 9.97 Å². The molecule has 0 unspecified atom stereocenters. The van der Waals surface area contributed by atoms with Crippen LogP contribution in [0.5, 0.6) is 0 Å². The van der Waals surface area contributed by atoms with Crippen LogP contribution in [0.2, 0.25) is 0 Å². The Labute approximate surface area is 172 Å². The Kier molecular flexibility index (Phi) is 4.33. The van der Waals surface area contributed by atoms with Crippen LogP contribution < -0.4 is 10.2 Å². The monoisotopic (exact) mass is 395 g/mol. The highest BCUT2D eigenvalue weighted by Gasteiger charge is 2.18. The third kappa shape index (κ3) is 3.12. The van der Waals surface area contributed by atoms with Gasteiger partial charge in [0.2, 0.25) is 0 Å². The highest BCUT2D eigenvalue weighted by molar-refractivity contribution is 6.02. The number of carbonyl (C=O) groups excluding carboxylic acids is 1. The Morgan fingerprint density at radius 3 is 2.73 bits per heavy atom. The van der Waals surface area contributed by atoms with Crippen LogP contribution in [0, 0.1) is 11.3 Å². The van der Waals surface area contributed by atoms with Crippen LogP contribution in [0.25, 0.3) is 16.9 Å². The largest absolute Gasteiger partial charge is 0.356 e. The first-order valence-electron chi connectivity index (χ1n) is 9.60. The second-order valence-electron chi connectivity index (χ2n) is 6.97. The molecule has 30 heavy (non-hydrogen) atoms. The number of carbonyl (C=O) groups is 1. The van der Waals surface area contributed by atoms with Gasteiger partial charge in [0.25, 0.3) is 5.91 Å². The minimum atomic E-state index is -0.330. The van der Waals surface area contributed by atoms with Gasteiger partial charge < -0.3 is 10.2 Å². The van der Waals surface area contributed by atoms with Crippen molar-refractivity contribution in [2.45, 2.75) is 6.42 Å². The smallest absolute Gasteiger partial charge is 0.275 e. The first-order chi connectivity index (χ1) is 14.7. The maximum Gasteiger partial charge on any atom is 0.275 e. The van der Waals surface area contributed by atoms with Gasteiger partial charge in [0, 0.05) is 18.7 Å². The van der Waals surface area contributed by atoms with Gasteiger partial charge in [-0.2, -0.15) is 14.9 Å². The first-order valence-corrected chi connectivity index (χ1v) is 9.60. The first kappa shape index (κ1) is 17.8. The lowest BCUT2D eigenvalue weighted by atomic mass is 10.1. The van der Waals surface area contributed by atoms with Crippen LogP contribution in [0.1, 0.15) is 22.5 Å². The number of imidazole rings is 1. The number of amides is 1. The van der Waals surface area contributed by atoms with E-state index >= 15 is 0 Å². The second-order valence-corrected chi connectivity index (χ2v) is 6.97. The molecule has 8 nitrogen and oxygen atoms in total. The molecule has 146 valence electrons. The molecule has 0 saturated carbocycles. The van der Waals surface area contributed by atoms with Gasteiger partial charge in [0.05, 0.1) is 23.5 Å². The number of rotatable bonds is 4. The molecule has 1 aliphatic heterocycles. The Morgan fingerprint density at radius 1 is 1.07 bits per heavy atom. The third-order valence-corrected chi connectivity index (χ3v) is 5.07. The molecule has 0 bridgehead atoms. The molecule has 4 heterocycles. The number of nitrogens with one attached hydrogen (secondary N) is 1.